The molecule has 0 aromatic carbocycles. The van der Waals surface area contributed by atoms with Gasteiger partial charge in [-0.15, -0.1) is 11.3 Å². The van der Waals surface area contributed by atoms with Crippen molar-refractivity contribution in [2.24, 2.45) is 5.73 Å². The second-order valence-electron chi connectivity index (χ2n) is 6.27. The minimum atomic E-state index is -0.663. The van der Waals surface area contributed by atoms with Gasteiger partial charge in [0.15, 0.2) is 0 Å². The number of pyridine rings is 1. The number of hydrogen-bond donors (Lipinski definition) is 2. The number of nitrogens with one attached hydrogen (secondary N) is 1. The lowest BCUT2D eigenvalue weighted by atomic mass is 10.1. The minimum Gasteiger partial charge on any atom is -0.462 e. The van der Waals surface area contributed by atoms with Crippen LogP contribution in [0, 0.1) is 13.8 Å². The SMILES string of the molecule is CCOC(=O)c1c(NC(=O)Cc2cn3ccc(C)cc3n2)sc(C(N)=O)c1C. The molecule has 2 amide bonds. The van der Waals surface area contributed by atoms with Gasteiger partial charge in [-0.05, 0) is 44.0 Å². The molecule has 3 heterocycles. The van der Waals surface area contributed by atoms with E-state index in [2.05, 4.69) is 10.3 Å². The molecule has 8 nitrogen and oxygen atoms in total. The van der Waals surface area contributed by atoms with Gasteiger partial charge in [0.05, 0.1) is 29.2 Å². The van der Waals surface area contributed by atoms with Crippen molar-refractivity contribution in [2.75, 3.05) is 11.9 Å². The first-order valence-corrected chi connectivity index (χ1v) is 9.46. The van der Waals surface area contributed by atoms with Gasteiger partial charge in [0, 0.05) is 12.4 Å². The standard InChI is InChI=1S/C19H20N4O4S/c1-4-27-19(26)15-11(3)16(17(20)25)28-18(15)22-14(24)8-12-9-23-6-5-10(2)7-13(23)21-12/h5-7,9H,4,8H2,1-3H3,(H2,20,25)(H,22,24). The van der Waals surface area contributed by atoms with Crippen molar-refractivity contribution < 1.29 is 19.1 Å². The molecule has 9 heteroatoms. The number of primary amides is 1. The van der Waals surface area contributed by atoms with Gasteiger partial charge < -0.3 is 20.2 Å². The van der Waals surface area contributed by atoms with Crippen molar-refractivity contribution in [3.63, 3.8) is 0 Å². The van der Waals surface area contributed by atoms with E-state index in [-0.39, 0.29) is 34.4 Å². The normalized spacial score (nSPS) is 10.8. The first kappa shape index (κ1) is 19.6. The van der Waals surface area contributed by atoms with E-state index in [1.165, 1.54) is 0 Å². The van der Waals surface area contributed by atoms with Crippen LogP contribution in [-0.4, -0.2) is 33.8 Å². The molecule has 0 atom stereocenters. The topological polar surface area (TPSA) is 116 Å². The summed E-state index contributed by atoms with van der Waals surface area (Å²) in [6.45, 7) is 5.42. The van der Waals surface area contributed by atoms with Crippen LogP contribution >= 0.6 is 11.3 Å². The molecule has 3 aromatic heterocycles. The predicted molar refractivity (Wildman–Crippen MR) is 106 cm³/mol. The van der Waals surface area contributed by atoms with Gasteiger partial charge in [0.25, 0.3) is 5.91 Å². The second kappa shape index (κ2) is 7.81. The van der Waals surface area contributed by atoms with Crippen LogP contribution in [0.15, 0.2) is 24.5 Å². The monoisotopic (exact) mass is 400 g/mol. The van der Waals surface area contributed by atoms with E-state index in [1.807, 2.05) is 29.7 Å². The van der Waals surface area contributed by atoms with Gasteiger partial charge in [-0.25, -0.2) is 9.78 Å². The highest BCUT2D eigenvalue weighted by Gasteiger charge is 2.25. The Bertz CT molecular complexity index is 1080. The number of carbonyl (C=O) groups is 3. The third-order valence-corrected chi connectivity index (χ3v) is 5.33. The molecule has 3 aromatic rings. The summed E-state index contributed by atoms with van der Waals surface area (Å²) >= 11 is 0.961. The number of ether oxygens (including phenoxy) is 1. The van der Waals surface area contributed by atoms with Gasteiger partial charge in [0.1, 0.15) is 10.6 Å². The van der Waals surface area contributed by atoms with E-state index < -0.39 is 11.9 Å². The summed E-state index contributed by atoms with van der Waals surface area (Å²) in [4.78, 5) is 41.1. The number of nitrogens with zero attached hydrogens (tertiary/aromatic N) is 2. The van der Waals surface area contributed by atoms with Gasteiger partial charge >= 0.3 is 5.97 Å². The van der Waals surface area contributed by atoms with Crippen molar-refractivity contribution in [1.29, 1.82) is 0 Å². The Morgan fingerprint density at radius 2 is 2.07 bits per heavy atom. The molecule has 0 unspecified atom stereocenters. The fourth-order valence-electron chi connectivity index (χ4n) is 2.84. The number of aryl methyl sites for hydroxylation is 1. The van der Waals surface area contributed by atoms with Gasteiger partial charge in [-0.2, -0.15) is 0 Å². The molecule has 0 fully saturated rings. The zero-order valence-electron chi connectivity index (χ0n) is 15.7. The van der Waals surface area contributed by atoms with Crippen LogP contribution in [0.5, 0.6) is 0 Å². The van der Waals surface area contributed by atoms with E-state index in [9.17, 15) is 14.4 Å². The Kier molecular flexibility index (Phi) is 5.46. The molecule has 0 saturated carbocycles. The van der Waals surface area contributed by atoms with Gasteiger partial charge in [0.2, 0.25) is 5.91 Å². The number of carbonyl (C=O) groups excluding carboxylic acids is 3. The van der Waals surface area contributed by atoms with Crippen LogP contribution in [0.25, 0.3) is 5.65 Å². The number of hydrogen-bond acceptors (Lipinski definition) is 6. The smallest absolute Gasteiger partial charge is 0.341 e. The summed E-state index contributed by atoms with van der Waals surface area (Å²) in [6, 6.07) is 3.87. The minimum absolute atomic E-state index is 0.0197. The molecule has 0 aliphatic carbocycles. The molecule has 0 saturated heterocycles. The third-order valence-electron chi connectivity index (χ3n) is 4.11. The van der Waals surface area contributed by atoms with E-state index in [4.69, 9.17) is 10.5 Å². The molecule has 0 spiro atoms. The molecule has 0 aliphatic heterocycles. The molecule has 0 bridgehead atoms. The highest BCUT2D eigenvalue weighted by atomic mass is 32.1. The van der Waals surface area contributed by atoms with Crippen LogP contribution < -0.4 is 11.1 Å². The molecule has 0 aliphatic rings. The zero-order valence-corrected chi connectivity index (χ0v) is 16.6. The Labute approximate surface area is 165 Å². The van der Waals surface area contributed by atoms with Crippen molar-refractivity contribution in [1.82, 2.24) is 9.38 Å². The Morgan fingerprint density at radius 3 is 2.75 bits per heavy atom. The maximum Gasteiger partial charge on any atom is 0.341 e. The second-order valence-corrected chi connectivity index (χ2v) is 7.29. The number of aromatic nitrogens is 2. The molecular weight excluding hydrogens is 380 g/mol. The van der Waals surface area contributed by atoms with Gasteiger partial charge in [-0.1, -0.05) is 0 Å². The van der Waals surface area contributed by atoms with Crippen LogP contribution in [-0.2, 0) is 16.0 Å². The number of fused-ring (bicyclic) bond motifs is 1. The third kappa shape index (κ3) is 3.89. The number of rotatable bonds is 6. The molecular formula is C19H20N4O4S. The van der Waals surface area contributed by atoms with Gasteiger partial charge in [-0.3, -0.25) is 9.59 Å². The summed E-state index contributed by atoms with van der Waals surface area (Å²) in [5.41, 5.74) is 8.33. The van der Waals surface area contributed by atoms with Crippen molar-refractivity contribution in [3.05, 3.63) is 51.8 Å². The number of thiophene rings is 1. The molecule has 0 radical (unpaired) electrons. The highest BCUT2D eigenvalue weighted by molar-refractivity contribution is 7.18. The Morgan fingerprint density at radius 1 is 1.32 bits per heavy atom. The molecule has 3 N–H and O–H groups in total. The van der Waals surface area contributed by atoms with E-state index >= 15 is 0 Å². The molecule has 28 heavy (non-hydrogen) atoms. The Balaban J connectivity index is 1.85. The lowest BCUT2D eigenvalue weighted by Crippen LogP contribution is -2.17. The lowest BCUT2D eigenvalue weighted by Gasteiger charge is -2.06. The number of anilines is 1. The lowest BCUT2D eigenvalue weighted by molar-refractivity contribution is -0.115. The fourth-order valence-corrected chi connectivity index (χ4v) is 3.91. The maximum absolute atomic E-state index is 12.5. The average Bonchev–Trinajstić information content (AvgIpc) is 3.14. The van der Waals surface area contributed by atoms with Crippen LogP contribution in [0.2, 0.25) is 0 Å². The first-order valence-electron chi connectivity index (χ1n) is 8.64. The summed E-state index contributed by atoms with van der Waals surface area (Å²) in [5.74, 6) is -1.63. The van der Waals surface area contributed by atoms with Crippen molar-refractivity contribution in [3.8, 4) is 0 Å². The van der Waals surface area contributed by atoms with E-state index in [0.717, 1.165) is 22.5 Å². The van der Waals surface area contributed by atoms with Crippen LogP contribution in [0.3, 0.4) is 0 Å². The largest absolute Gasteiger partial charge is 0.462 e. The summed E-state index contributed by atoms with van der Waals surface area (Å²) in [7, 11) is 0. The van der Waals surface area contributed by atoms with Crippen LogP contribution in [0.4, 0.5) is 5.00 Å². The van der Waals surface area contributed by atoms with Crippen LogP contribution in [0.1, 0.15) is 43.8 Å². The quantitative estimate of drug-likeness (QED) is 0.617. The Hall–Kier alpha value is -3.20. The fraction of sp³-hybridized carbons (Fsp3) is 0.263. The zero-order chi connectivity index (χ0) is 20.4. The predicted octanol–water partition coefficient (Wildman–Crippen LogP) is 2.47. The molecule has 146 valence electrons. The number of nitrogens with two attached hydrogens (primary N) is 1. The number of imidazole rings is 1. The maximum atomic E-state index is 12.5. The first-order chi connectivity index (χ1) is 13.3. The number of esters is 1. The number of amides is 2. The average molecular weight is 400 g/mol. The highest BCUT2D eigenvalue weighted by Crippen LogP contribution is 2.33. The van der Waals surface area contributed by atoms with Crippen molar-refractivity contribution in [2.45, 2.75) is 27.2 Å². The van der Waals surface area contributed by atoms with E-state index in [1.54, 1.807) is 20.0 Å². The van der Waals surface area contributed by atoms with Crippen molar-refractivity contribution >= 4 is 39.8 Å². The van der Waals surface area contributed by atoms with E-state index in [0.29, 0.717) is 11.3 Å². The molecule has 3 rings (SSSR count). The summed E-state index contributed by atoms with van der Waals surface area (Å²) < 4.78 is 6.88. The summed E-state index contributed by atoms with van der Waals surface area (Å²) in [6.07, 6.45) is 3.67. The summed E-state index contributed by atoms with van der Waals surface area (Å²) in [5, 5.41) is 2.94.